The molecule has 0 saturated heterocycles. The lowest BCUT2D eigenvalue weighted by atomic mass is 10.1. The molecule has 2 rings (SSSR count). The number of carbonyl (C=O) groups is 3. The van der Waals surface area contributed by atoms with Gasteiger partial charge in [-0.25, -0.2) is 0 Å². The van der Waals surface area contributed by atoms with Crippen molar-refractivity contribution in [3.8, 4) is 0 Å². The predicted molar refractivity (Wildman–Crippen MR) is 106 cm³/mol. The van der Waals surface area contributed by atoms with Crippen LogP contribution in [0, 0.1) is 18.8 Å². The van der Waals surface area contributed by atoms with Gasteiger partial charge in [-0.1, -0.05) is 44.4 Å². The molecule has 1 aromatic carbocycles. The highest BCUT2D eigenvalue weighted by Crippen LogP contribution is 2.26. The van der Waals surface area contributed by atoms with Crippen LogP contribution in [0.1, 0.15) is 45.1 Å². The third kappa shape index (κ3) is 7.04. The molecule has 3 amide bonds. The molecule has 1 aromatic rings. The van der Waals surface area contributed by atoms with E-state index in [-0.39, 0.29) is 42.6 Å². The first-order valence-corrected chi connectivity index (χ1v) is 9.77. The van der Waals surface area contributed by atoms with E-state index in [0.29, 0.717) is 12.2 Å². The summed E-state index contributed by atoms with van der Waals surface area (Å²) in [6, 6.07) is 7.46. The largest absolute Gasteiger partial charge is 0.345 e. The molecule has 0 aliphatic heterocycles. The summed E-state index contributed by atoms with van der Waals surface area (Å²) in [5.41, 5.74) is 1.80. The minimum Gasteiger partial charge on any atom is -0.345 e. The standard InChI is InChI=1S/C21H31N3O3/c1-15(2)13-24(21(27)17-6-4-5-7-17)14-20(26)22-12-19(25)23-18-10-8-16(3)9-11-18/h8-11,15,17H,4-7,12-14H2,1-3H3,(H,22,26)(H,23,25). The smallest absolute Gasteiger partial charge is 0.243 e. The Morgan fingerprint density at radius 1 is 1.07 bits per heavy atom. The predicted octanol–water partition coefficient (Wildman–Crippen LogP) is 2.72. The van der Waals surface area contributed by atoms with Crippen LogP contribution in [0.15, 0.2) is 24.3 Å². The zero-order valence-electron chi connectivity index (χ0n) is 16.6. The van der Waals surface area contributed by atoms with Crippen LogP contribution in [0.25, 0.3) is 0 Å². The van der Waals surface area contributed by atoms with Gasteiger partial charge in [0.15, 0.2) is 0 Å². The van der Waals surface area contributed by atoms with Crippen LogP contribution in [0.2, 0.25) is 0 Å². The summed E-state index contributed by atoms with van der Waals surface area (Å²) in [5.74, 6) is -0.194. The number of anilines is 1. The molecule has 27 heavy (non-hydrogen) atoms. The maximum absolute atomic E-state index is 12.7. The minimum atomic E-state index is -0.305. The molecule has 1 saturated carbocycles. The van der Waals surface area contributed by atoms with Crippen molar-refractivity contribution < 1.29 is 14.4 Å². The first-order chi connectivity index (χ1) is 12.8. The number of nitrogens with one attached hydrogen (secondary N) is 2. The summed E-state index contributed by atoms with van der Waals surface area (Å²) in [4.78, 5) is 38.6. The van der Waals surface area contributed by atoms with Crippen LogP contribution in [-0.4, -0.2) is 42.3 Å². The molecule has 1 fully saturated rings. The van der Waals surface area contributed by atoms with Gasteiger partial charge in [0.05, 0.1) is 13.1 Å². The molecule has 1 aliphatic rings. The molecular weight excluding hydrogens is 342 g/mol. The molecule has 0 unspecified atom stereocenters. The van der Waals surface area contributed by atoms with Crippen LogP contribution in [0.5, 0.6) is 0 Å². The van der Waals surface area contributed by atoms with Crippen LogP contribution < -0.4 is 10.6 Å². The van der Waals surface area contributed by atoms with Crippen molar-refractivity contribution in [1.29, 1.82) is 0 Å². The monoisotopic (exact) mass is 373 g/mol. The van der Waals surface area contributed by atoms with E-state index in [1.807, 2.05) is 45.0 Å². The highest BCUT2D eigenvalue weighted by atomic mass is 16.2. The molecule has 0 atom stereocenters. The second-order valence-corrected chi connectivity index (χ2v) is 7.78. The van der Waals surface area contributed by atoms with Gasteiger partial charge in [0.25, 0.3) is 0 Å². The van der Waals surface area contributed by atoms with Crippen LogP contribution in [-0.2, 0) is 14.4 Å². The zero-order valence-corrected chi connectivity index (χ0v) is 16.6. The molecule has 0 aromatic heterocycles. The van der Waals surface area contributed by atoms with Gasteiger partial charge >= 0.3 is 0 Å². The van der Waals surface area contributed by atoms with E-state index in [1.165, 1.54) is 0 Å². The lowest BCUT2D eigenvalue weighted by Crippen LogP contribution is -2.45. The Balaban J connectivity index is 1.82. The average molecular weight is 373 g/mol. The molecule has 0 radical (unpaired) electrons. The topological polar surface area (TPSA) is 78.5 Å². The maximum atomic E-state index is 12.7. The van der Waals surface area contributed by atoms with E-state index in [4.69, 9.17) is 0 Å². The second kappa shape index (κ2) is 10.1. The lowest BCUT2D eigenvalue weighted by Gasteiger charge is -2.26. The van der Waals surface area contributed by atoms with Crippen molar-refractivity contribution in [1.82, 2.24) is 10.2 Å². The third-order valence-corrected chi connectivity index (χ3v) is 4.72. The summed E-state index contributed by atoms with van der Waals surface area (Å²) >= 11 is 0. The lowest BCUT2D eigenvalue weighted by molar-refractivity contribution is -0.139. The third-order valence-electron chi connectivity index (χ3n) is 4.72. The van der Waals surface area contributed by atoms with Crippen molar-refractivity contribution in [3.05, 3.63) is 29.8 Å². The van der Waals surface area contributed by atoms with Crippen molar-refractivity contribution in [2.45, 2.75) is 46.5 Å². The Morgan fingerprint density at radius 3 is 2.30 bits per heavy atom. The molecule has 6 heteroatoms. The van der Waals surface area contributed by atoms with E-state index >= 15 is 0 Å². The normalized spacial score (nSPS) is 14.2. The van der Waals surface area contributed by atoms with Gasteiger partial charge in [0.2, 0.25) is 17.7 Å². The van der Waals surface area contributed by atoms with Gasteiger partial charge in [-0.15, -0.1) is 0 Å². The molecule has 1 aliphatic carbocycles. The number of hydrogen-bond acceptors (Lipinski definition) is 3. The average Bonchev–Trinajstić information content (AvgIpc) is 3.15. The SMILES string of the molecule is Cc1ccc(NC(=O)CNC(=O)CN(CC(C)C)C(=O)C2CCCC2)cc1. The maximum Gasteiger partial charge on any atom is 0.243 e. The highest BCUT2D eigenvalue weighted by Gasteiger charge is 2.28. The quantitative estimate of drug-likeness (QED) is 0.735. The Hall–Kier alpha value is -2.37. The van der Waals surface area contributed by atoms with E-state index < -0.39 is 0 Å². The Kier molecular flexibility index (Phi) is 7.82. The zero-order chi connectivity index (χ0) is 19.8. The number of carbonyl (C=O) groups excluding carboxylic acids is 3. The summed E-state index contributed by atoms with van der Waals surface area (Å²) in [7, 11) is 0. The molecular formula is C21H31N3O3. The minimum absolute atomic E-state index is 0.00528. The number of rotatable bonds is 8. The van der Waals surface area contributed by atoms with Crippen molar-refractivity contribution in [3.63, 3.8) is 0 Å². The number of aryl methyl sites for hydroxylation is 1. The fraction of sp³-hybridized carbons (Fsp3) is 0.571. The van der Waals surface area contributed by atoms with Gasteiger partial charge in [0, 0.05) is 18.2 Å². The Labute approximate surface area is 161 Å². The number of hydrogen-bond donors (Lipinski definition) is 2. The van der Waals surface area contributed by atoms with Gasteiger partial charge in [-0.3, -0.25) is 14.4 Å². The summed E-state index contributed by atoms with van der Waals surface area (Å²) < 4.78 is 0. The van der Waals surface area contributed by atoms with E-state index in [2.05, 4.69) is 10.6 Å². The molecule has 2 N–H and O–H groups in total. The summed E-state index contributed by atoms with van der Waals surface area (Å²) in [6.07, 6.45) is 3.98. The number of benzene rings is 1. The van der Waals surface area contributed by atoms with Gasteiger partial charge in [-0.2, -0.15) is 0 Å². The van der Waals surface area contributed by atoms with E-state index in [0.717, 1.165) is 31.2 Å². The first-order valence-electron chi connectivity index (χ1n) is 9.77. The first kappa shape index (κ1) is 20.9. The van der Waals surface area contributed by atoms with Gasteiger partial charge in [0.1, 0.15) is 0 Å². The number of nitrogens with zero attached hydrogens (tertiary/aromatic N) is 1. The summed E-state index contributed by atoms with van der Waals surface area (Å²) in [5, 5.41) is 5.36. The molecule has 148 valence electrons. The van der Waals surface area contributed by atoms with Crippen LogP contribution >= 0.6 is 0 Å². The fourth-order valence-electron chi connectivity index (χ4n) is 3.35. The van der Waals surface area contributed by atoms with E-state index in [1.54, 1.807) is 4.90 Å². The number of amides is 3. The Morgan fingerprint density at radius 2 is 1.70 bits per heavy atom. The molecule has 0 bridgehead atoms. The van der Waals surface area contributed by atoms with Gasteiger partial charge < -0.3 is 15.5 Å². The van der Waals surface area contributed by atoms with Crippen molar-refractivity contribution in [2.75, 3.05) is 25.0 Å². The van der Waals surface area contributed by atoms with E-state index in [9.17, 15) is 14.4 Å². The Bertz CT molecular complexity index is 649. The fourth-order valence-corrected chi connectivity index (χ4v) is 3.35. The molecule has 0 heterocycles. The highest BCUT2D eigenvalue weighted by molar-refractivity contribution is 5.95. The molecule has 0 spiro atoms. The van der Waals surface area contributed by atoms with Crippen LogP contribution in [0.3, 0.4) is 0 Å². The van der Waals surface area contributed by atoms with Gasteiger partial charge in [-0.05, 0) is 37.8 Å². The van der Waals surface area contributed by atoms with Crippen molar-refractivity contribution in [2.24, 2.45) is 11.8 Å². The second-order valence-electron chi connectivity index (χ2n) is 7.78. The summed E-state index contributed by atoms with van der Waals surface area (Å²) in [6.45, 7) is 6.48. The molecule has 6 nitrogen and oxygen atoms in total. The van der Waals surface area contributed by atoms with Crippen molar-refractivity contribution >= 4 is 23.4 Å². The van der Waals surface area contributed by atoms with Crippen LogP contribution in [0.4, 0.5) is 5.69 Å².